The molecule has 8 heteroatoms. The smallest absolute Gasteiger partial charge is 0.271 e. The topological polar surface area (TPSA) is 66.4 Å². The van der Waals surface area contributed by atoms with Gasteiger partial charge in [0, 0.05) is 0 Å². The summed E-state index contributed by atoms with van der Waals surface area (Å²) >= 11 is 9.99. The van der Waals surface area contributed by atoms with Gasteiger partial charge in [-0.2, -0.15) is 0 Å². The standard InChI is InChI=1S/C11H9BrClNO3S2/c1-6-3-2-4-8(10(6)15)14-19(16,17)9-5-7(13)11(12)18-9/h2-5,14-15H,1H3. The monoisotopic (exact) mass is 381 g/mol. The highest BCUT2D eigenvalue weighted by atomic mass is 79.9. The number of phenolic OH excluding ortho intramolecular Hbond substituents is 1. The number of sulfonamides is 1. The van der Waals surface area contributed by atoms with E-state index < -0.39 is 10.0 Å². The quantitative estimate of drug-likeness (QED) is 0.789. The third-order valence-corrected chi connectivity index (χ3v) is 6.68. The fourth-order valence-electron chi connectivity index (χ4n) is 1.40. The van der Waals surface area contributed by atoms with Crippen LogP contribution in [-0.2, 0) is 10.0 Å². The van der Waals surface area contributed by atoms with Gasteiger partial charge in [-0.1, -0.05) is 23.7 Å². The molecule has 2 aromatic rings. The van der Waals surface area contributed by atoms with Crippen LogP contribution in [0.3, 0.4) is 0 Å². The van der Waals surface area contributed by atoms with Crippen molar-refractivity contribution in [2.75, 3.05) is 4.72 Å². The summed E-state index contributed by atoms with van der Waals surface area (Å²) in [5.74, 6) is -0.0900. The molecule has 0 spiro atoms. The fraction of sp³-hybridized carbons (Fsp3) is 0.0909. The number of para-hydroxylation sites is 1. The molecule has 1 aromatic heterocycles. The summed E-state index contributed by atoms with van der Waals surface area (Å²) in [5, 5.41) is 10.1. The Balaban J connectivity index is 2.39. The van der Waals surface area contributed by atoms with Crippen molar-refractivity contribution >= 4 is 54.6 Å². The van der Waals surface area contributed by atoms with Gasteiger partial charge >= 0.3 is 0 Å². The Kier molecular flexibility index (Phi) is 4.10. The van der Waals surface area contributed by atoms with Crippen LogP contribution in [0.2, 0.25) is 5.02 Å². The van der Waals surface area contributed by atoms with Crippen LogP contribution in [0.25, 0.3) is 0 Å². The lowest BCUT2D eigenvalue weighted by molar-refractivity contribution is 0.473. The van der Waals surface area contributed by atoms with E-state index >= 15 is 0 Å². The molecular weight excluding hydrogens is 374 g/mol. The molecule has 2 N–H and O–H groups in total. The number of hydrogen-bond acceptors (Lipinski definition) is 4. The van der Waals surface area contributed by atoms with Crippen molar-refractivity contribution in [2.24, 2.45) is 0 Å². The normalized spacial score (nSPS) is 11.5. The lowest BCUT2D eigenvalue weighted by atomic mass is 10.2. The van der Waals surface area contributed by atoms with Crippen molar-refractivity contribution in [2.45, 2.75) is 11.1 Å². The number of benzene rings is 1. The van der Waals surface area contributed by atoms with Crippen molar-refractivity contribution in [3.63, 3.8) is 0 Å². The minimum atomic E-state index is -3.76. The first kappa shape index (κ1) is 14.6. The number of hydrogen-bond donors (Lipinski definition) is 2. The van der Waals surface area contributed by atoms with E-state index in [9.17, 15) is 13.5 Å². The zero-order chi connectivity index (χ0) is 14.2. The Morgan fingerprint density at radius 3 is 2.68 bits per heavy atom. The molecule has 0 aliphatic rings. The summed E-state index contributed by atoms with van der Waals surface area (Å²) in [4.78, 5) is 0. The van der Waals surface area contributed by atoms with Gasteiger partial charge in [-0.25, -0.2) is 8.42 Å². The zero-order valence-electron chi connectivity index (χ0n) is 9.65. The van der Waals surface area contributed by atoms with E-state index in [1.807, 2.05) is 0 Å². The van der Waals surface area contributed by atoms with E-state index in [0.717, 1.165) is 11.3 Å². The average molecular weight is 383 g/mol. The van der Waals surface area contributed by atoms with Crippen molar-refractivity contribution in [3.05, 3.63) is 38.6 Å². The van der Waals surface area contributed by atoms with Crippen LogP contribution in [0.1, 0.15) is 5.56 Å². The highest BCUT2D eigenvalue weighted by molar-refractivity contribution is 9.11. The molecule has 0 bridgehead atoms. The number of thiophene rings is 1. The molecule has 4 nitrogen and oxygen atoms in total. The van der Waals surface area contributed by atoms with Gasteiger partial charge in [0.25, 0.3) is 10.0 Å². The number of aryl methyl sites for hydroxylation is 1. The molecular formula is C11H9BrClNO3S2. The summed E-state index contributed by atoms with van der Waals surface area (Å²) in [6.45, 7) is 1.69. The van der Waals surface area contributed by atoms with Gasteiger partial charge in [-0.15, -0.1) is 11.3 Å². The van der Waals surface area contributed by atoms with Gasteiger partial charge in [-0.3, -0.25) is 4.72 Å². The lowest BCUT2D eigenvalue weighted by Gasteiger charge is -2.09. The Labute approximate surface area is 128 Å². The van der Waals surface area contributed by atoms with E-state index in [4.69, 9.17) is 11.6 Å². The number of aromatic hydroxyl groups is 1. The molecule has 1 heterocycles. The average Bonchev–Trinajstić information content (AvgIpc) is 2.66. The second kappa shape index (κ2) is 5.32. The summed E-state index contributed by atoms with van der Waals surface area (Å²) in [6.07, 6.45) is 0. The molecule has 0 radical (unpaired) electrons. The first-order chi connectivity index (χ1) is 8.81. The van der Waals surface area contributed by atoms with Gasteiger partial charge in [0.05, 0.1) is 14.5 Å². The van der Waals surface area contributed by atoms with Gasteiger partial charge in [0.2, 0.25) is 0 Å². The summed E-state index contributed by atoms with van der Waals surface area (Å²) < 4.78 is 27.2. The number of halogens is 2. The minimum absolute atomic E-state index is 0.0743. The first-order valence-electron chi connectivity index (χ1n) is 5.07. The molecule has 2 rings (SSSR count). The van der Waals surface area contributed by atoms with Gasteiger partial charge in [0.1, 0.15) is 9.96 Å². The van der Waals surface area contributed by atoms with E-state index in [-0.39, 0.29) is 15.6 Å². The van der Waals surface area contributed by atoms with Crippen LogP contribution in [0, 0.1) is 6.92 Å². The Hall–Kier alpha value is -0.760. The fourth-order valence-corrected chi connectivity index (χ4v) is 4.86. The predicted molar refractivity (Wildman–Crippen MR) is 80.7 cm³/mol. The van der Waals surface area contributed by atoms with Crippen LogP contribution in [0.5, 0.6) is 5.75 Å². The lowest BCUT2D eigenvalue weighted by Crippen LogP contribution is -2.11. The van der Waals surface area contributed by atoms with Crippen molar-refractivity contribution in [1.82, 2.24) is 0 Å². The van der Waals surface area contributed by atoms with Gasteiger partial charge in [-0.05, 0) is 40.5 Å². The summed E-state index contributed by atoms with van der Waals surface area (Å²) in [7, 11) is -3.76. The molecule has 0 atom stereocenters. The molecule has 0 aliphatic heterocycles. The number of anilines is 1. The van der Waals surface area contributed by atoms with Crippen LogP contribution < -0.4 is 4.72 Å². The van der Waals surface area contributed by atoms with Crippen LogP contribution >= 0.6 is 38.9 Å². The number of phenols is 1. The van der Waals surface area contributed by atoms with Crippen molar-refractivity contribution < 1.29 is 13.5 Å². The number of nitrogens with one attached hydrogen (secondary N) is 1. The molecule has 0 unspecified atom stereocenters. The highest BCUT2D eigenvalue weighted by Crippen LogP contribution is 2.36. The predicted octanol–water partition coefficient (Wildman–Crippen LogP) is 3.98. The van der Waals surface area contributed by atoms with E-state index in [1.54, 1.807) is 19.1 Å². The third kappa shape index (κ3) is 3.05. The molecule has 19 heavy (non-hydrogen) atoms. The molecule has 0 amide bonds. The summed E-state index contributed by atoms with van der Waals surface area (Å²) in [5.41, 5.74) is 0.728. The molecule has 0 fully saturated rings. The number of rotatable bonds is 3. The Morgan fingerprint density at radius 2 is 2.11 bits per heavy atom. The maximum absolute atomic E-state index is 12.1. The molecule has 102 valence electrons. The largest absolute Gasteiger partial charge is 0.505 e. The van der Waals surface area contributed by atoms with Gasteiger partial charge in [0.15, 0.2) is 0 Å². The Morgan fingerprint density at radius 1 is 1.42 bits per heavy atom. The van der Waals surface area contributed by atoms with Crippen LogP contribution in [0.4, 0.5) is 5.69 Å². The van der Waals surface area contributed by atoms with Crippen molar-refractivity contribution in [3.8, 4) is 5.75 Å². The Bertz CT molecular complexity index is 708. The molecule has 1 aromatic carbocycles. The van der Waals surface area contributed by atoms with E-state index in [0.29, 0.717) is 14.4 Å². The maximum Gasteiger partial charge on any atom is 0.271 e. The molecule has 0 saturated carbocycles. The third-order valence-electron chi connectivity index (χ3n) is 2.37. The molecule has 0 saturated heterocycles. The minimum Gasteiger partial charge on any atom is -0.505 e. The van der Waals surface area contributed by atoms with Crippen molar-refractivity contribution in [1.29, 1.82) is 0 Å². The van der Waals surface area contributed by atoms with E-state index in [2.05, 4.69) is 20.7 Å². The van der Waals surface area contributed by atoms with Crippen LogP contribution in [-0.4, -0.2) is 13.5 Å². The highest BCUT2D eigenvalue weighted by Gasteiger charge is 2.20. The maximum atomic E-state index is 12.1. The molecule has 0 aliphatic carbocycles. The SMILES string of the molecule is Cc1cccc(NS(=O)(=O)c2cc(Cl)c(Br)s2)c1O. The van der Waals surface area contributed by atoms with Gasteiger partial charge < -0.3 is 5.11 Å². The van der Waals surface area contributed by atoms with Crippen LogP contribution in [0.15, 0.2) is 32.3 Å². The zero-order valence-corrected chi connectivity index (χ0v) is 13.6. The first-order valence-corrected chi connectivity index (χ1v) is 8.54. The second-order valence-corrected chi connectivity index (χ2v) is 8.45. The summed E-state index contributed by atoms with van der Waals surface area (Å²) in [6, 6.07) is 6.19. The van der Waals surface area contributed by atoms with E-state index in [1.165, 1.54) is 12.1 Å². The second-order valence-electron chi connectivity index (χ2n) is 3.76.